The van der Waals surface area contributed by atoms with Crippen LogP contribution in [0.1, 0.15) is 52.4 Å². The van der Waals surface area contributed by atoms with E-state index in [1.54, 1.807) is 19.3 Å². The highest BCUT2D eigenvalue weighted by atomic mass is 31.2. The van der Waals surface area contributed by atoms with Crippen molar-refractivity contribution in [3.05, 3.63) is 60.1 Å². The van der Waals surface area contributed by atoms with Gasteiger partial charge in [-0.2, -0.15) is 5.26 Å². The van der Waals surface area contributed by atoms with Crippen molar-refractivity contribution in [2.45, 2.75) is 58.5 Å². The van der Waals surface area contributed by atoms with Gasteiger partial charge in [-0.25, -0.2) is 0 Å². The first-order valence-electron chi connectivity index (χ1n) is 11.8. The van der Waals surface area contributed by atoms with Gasteiger partial charge in [0.25, 0.3) is 0 Å². The van der Waals surface area contributed by atoms with Gasteiger partial charge < -0.3 is 24.2 Å². The predicted octanol–water partition coefficient (Wildman–Crippen LogP) is 5.87. The van der Waals surface area contributed by atoms with Gasteiger partial charge in [0.2, 0.25) is 0 Å². The van der Waals surface area contributed by atoms with E-state index in [1.807, 2.05) is 32.7 Å². The molecule has 1 rings (SSSR count). The minimum atomic E-state index is -2.43. The molecule has 0 saturated heterocycles. The second-order valence-corrected chi connectivity index (χ2v) is 11.9. The molecule has 7 heteroatoms. The molecule has 0 saturated carbocycles. The summed E-state index contributed by atoms with van der Waals surface area (Å²) < 4.78 is 17.2. The molecule has 0 bridgehead atoms. The molecule has 1 aliphatic rings. The highest BCUT2D eigenvalue weighted by Crippen LogP contribution is 2.48. The summed E-state index contributed by atoms with van der Waals surface area (Å²) >= 11 is 0. The third kappa shape index (κ3) is 11.9. The average molecular weight is 491 g/mol. The third-order valence-corrected chi connectivity index (χ3v) is 6.81. The number of rotatable bonds is 16. The van der Waals surface area contributed by atoms with Gasteiger partial charge in [-0.1, -0.05) is 33.1 Å². The maximum atomic E-state index is 10.9. The Balaban J connectivity index is 2.45. The van der Waals surface area contributed by atoms with Crippen LogP contribution in [-0.4, -0.2) is 51.0 Å². The fourth-order valence-electron chi connectivity index (χ4n) is 3.29. The normalized spacial score (nSPS) is 18.2. The second kappa shape index (κ2) is 15.1. The Kier molecular flexibility index (Phi) is 13.3. The van der Waals surface area contributed by atoms with Crippen LogP contribution in [0.5, 0.6) is 0 Å². The molecule has 34 heavy (non-hydrogen) atoms. The summed E-state index contributed by atoms with van der Waals surface area (Å²) in [7, 11) is -0.779. The molecule has 2 atom stereocenters. The first kappa shape index (κ1) is 30.0. The van der Waals surface area contributed by atoms with Gasteiger partial charge in [-0.3, -0.25) is 0 Å². The van der Waals surface area contributed by atoms with Crippen LogP contribution in [0.25, 0.3) is 0 Å². The second-order valence-electron chi connectivity index (χ2n) is 9.42. The van der Waals surface area contributed by atoms with Gasteiger partial charge in [-0.15, -0.1) is 0 Å². The first-order valence-corrected chi connectivity index (χ1v) is 14.1. The lowest BCUT2D eigenvalue weighted by molar-refractivity contribution is 0.0380. The first-order chi connectivity index (χ1) is 16.0. The standard InChI is InChI=1S/C27H43N2O4P/c1-22(17-19-29-18-11-10-12-23(2)31-5)26(30)27(3,4)21-32-34(6,7)33-25-14-9-8-13-24(20-28)15-16-25/h13-16,26,29-30H,1-2,6,8-12,17-19,21H2,3-5,7H3/b16-15?,24-13-,25-14?/t26-,34?/m0/s1. The summed E-state index contributed by atoms with van der Waals surface area (Å²) in [6.45, 7) is 15.7. The molecule has 0 fully saturated rings. The summed E-state index contributed by atoms with van der Waals surface area (Å²) in [5, 5.41) is 23.4. The van der Waals surface area contributed by atoms with Crippen molar-refractivity contribution in [2.75, 3.05) is 33.5 Å². The number of hydrogen-bond donors (Lipinski definition) is 2. The zero-order valence-corrected chi connectivity index (χ0v) is 22.3. The van der Waals surface area contributed by atoms with Crippen LogP contribution in [0, 0.1) is 16.7 Å². The van der Waals surface area contributed by atoms with Crippen LogP contribution >= 0.6 is 7.34 Å². The molecule has 1 aliphatic carbocycles. The van der Waals surface area contributed by atoms with Crippen LogP contribution in [0.15, 0.2) is 60.1 Å². The topological polar surface area (TPSA) is 83.7 Å². The van der Waals surface area contributed by atoms with E-state index in [2.05, 4.69) is 30.8 Å². The van der Waals surface area contributed by atoms with E-state index in [0.29, 0.717) is 17.8 Å². The van der Waals surface area contributed by atoms with Gasteiger partial charge in [-0.05, 0) is 75.3 Å². The van der Waals surface area contributed by atoms with Crippen molar-refractivity contribution in [1.29, 1.82) is 5.26 Å². The van der Waals surface area contributed by atoms with Crippen molar-refractivity contribution in [3.63, 3.8) is 0 Å². The summed E-state index contributed by atoms with van der Waals surface area (Å²) in [6, 6.07) is 2.16. The van der Waals surface area contributed by atoms with Crippen LogP contribution in [0.3, 0.4) is 0 Å². The number of unbranched alkanes of at least 4 members (excludes halogenated alkanes) is 1. The number of aliphatic hydroxyl groups is 1. The molecule has 0 heterocycles. The van der Waals surface area contributed by atoms with Gasteiger partial charge in [0, 0.05) is 24.1 Å². The number of hydrogen-bond acceptors (Lipinski definition) is 6. The lowest BCUT2D eigenvalue weighted by atomic mass is 9.83. The number of methoxy groups -OCH3 is 1. The molecule has 1 unspecified atom stereocenters. The summed E-state index contributed by atoms with van der Waals surface area (Å²) in [4.78, 5) is 0. The number of allylic oxidation sites excluding steroid dienone is 6. The van der Waals surface area contributed by atoms with Gasteiger partial charge in [0.05, 0.1) is 31.6 Å². The molecular formula is C27H43N2O4P. The molecule has 0 aromatic heterocycles. The largest absolute Gasteiger partial charge is 0.502 e. The van der Waals surface area contributed by atoms with Gasteiger partial charge in [0.1, 0.15) is 5.76 Å². The van der Waals surface area contributed by atoms with E-state index < -0.39 is 18.9 Å². The SMILES string of the molecule is C=C(CCCCNCCC(=C)[C@H](O)C(C)(C)COP(=C)(C)OC1=CCC/C=C(\C#N)C=C1)OC. The smallest absolute Gasteiger partial charge is 0.164 e. The number of nitriles is 1. The van der Waals surface area contributed by atoms with Crippen molar-refractivity contribution < 1.29 is 18.9 Å². The number of nitrogens with zero attached hydrogens (tertiary/aromatic N) is 1. The van der Waals surface area contributed by atoms with E-state index in [4.69, 9.17) is 19.0 Å². The molecule has 190 valence electrons. The van der Waals surface area contributed by atoms with Crippen LogP contribution in [0.4, 0.5) is 0 Å². The van der Waals surface area contributed by atoms with E-state index in [-0.39, 0.29) is 6.61 Å². The molecule has 0 radical (unpaired) electrons. The molecule has 6 nitrogen and oxygen atoms in total. The maximum absolute atomic E-state index is 10.9. The lowest BCUT2D eigenvalue weighted by Gasteiger charge is -2.34. The predicted molar refractivity (Wildman–Crippen MR) is 144 cm³/mol. The maximum Gasteiger partial charge on any atom is 0.164 e. The van der Waals surface area contributed by atoms with Crippen molar-refractivity contribution in [1.82, 2.24) is 5.32 Å². The number of aliphatic hydroxyl groups excluding tert-OH is 1. The highest BCUT2D eigenvalue weighted by Gasteiger charge is 2.31. The molecular weight excluding hydrogens is 447 g/mol. The Labute approximate surface area is 206 Å². The Hall–Kier alpha value is -2.03. The average Bonchev–Trinajstić information content (AvgIpc) is 2.78. The fraction of sp³-hybridized carbons (Fsp3) is 0.556. The fourth-order valence-corrected chi connectivity index (χ4v) is 4.53. The quantitative estimate of drug-likeness (QED) is 0.122. The molecule has 0 aromatic rings. The zero-order chi connectivity index (χ0) is 25.6. The highest BCUT2D eigenvalue weighted by molar-refractivity contribution is 7.63. The van der Waals surface area contributed by atoms with E-state index in [0.717, 1.165) is 56.5 Å². The monoisotopic (exact) mass is 490 g/mol. The van der Waals surface area contributed by atoms with Crippen molar-refractivity contribution in [3.8, 4) is 6.07 Å². The summed E-state index contributed by atoms with van der Waals surface area (Å²) in [5.74, 6) is 1.47. The Morgan fingerprint density at radius 1 is 1.21 bits per heavy atom. The van der Waals surface area contributed by atoms with Crippen molar-refractivity contribution in [2.24, 2.45) is 5.41 Å². The zero-order valence-electron chi connectivity index (χ0n) is 21.4. The Morgan fingerprint density at radius 2 is 1.91 bits per heavy atom. The lowest BCUT2D eigenvalue weighted by Crippen LogP contribution is -2.35. The van der Waals surface area contributed by atoms with Gasteiger partial charge >= 0.3 is 0 Å². The van der Waals surface area contributed by atoms with Crippen LogP contribution in [-0.2, 0) is 13.8 Å². The molecule has 0 aromatic carbocycles. The van der Waals surface area contributed by atoms with E-state index in [9.17, 15) is 5.11 Å². The van der Waals surface area contributed by atoms with E-state index >= 15 is 0 Å². The Bertz CT molecular complexity index is 864. The van der Waals surface area contributed by atoms with Crippen LogP contribution in [0.2, 0.25) is 0 Å². The number of ether oxygens (including phenoxy) is 1. The minimum absolute atomic E-state index is 0.290. The Morgan fingerprint density at radius 3 is 2.59 bits per heavy atom. The van der Waals surface area contributed by atoms with Gasteiger partial charge in [0.15, 0.2) is 7.34 Å². The summed E-state index contributed by atoms with van der Waals surface area (Å²) in [6.07, 6.45) is 16.1. The summed E-state index contributed by atoms with van der Waals surface area (Å²) in [5.41, 5.74) is 0.857. The third-order valence-electron chi connectivity index (χ3n) is 5.54. The minimum Gasteiger partial charge on any atom is -0.502 e. The molecule has 2 N–H and O–H groups in total. The molecule has 0 amide bonds. The van der Waals surface area contributed by atoms with E-state index in [1.165, 1.54) is 0 Å². The molecule has 0 aliphatic heterocycles. The molecule has 0 spiro atoms. The van der Waals surface area contributed by atoms with Crippen molar-refractivity contribution >= 4 is 13.6 Å². The number of nitrogens with one attached hydrogen (secondary N) is 1. The van der Waals surface area contributed by atoms with Crippen LogP contribution < -0.4 is 5.32 Å².